The first-order valence-corrected chi connectivity index (χ1v) is 4.22. The summed E-state index contributed by atoms with van der Waals surface area (Å²) in [5.41, 5.74) is 1.35. The monoisotopic (exact) mass is 193 g/mol. The molecule has 3 heteroatoms. The minimum atomic E-state index is -0.476. The average Bonchev–Trinajstić information content (AvgIpc) is 2.17. The van der Waals surface area contributed by atoms with E-state index in [1.165, 1.54) is 0 Å². The van der Waals surface area contributed by atoms with Gasteiger partial charge in [0.2, 0.25) is 0 Å². The molecule has 0 unspecified atom stereocenters. The number of nitriles is 1. The van der Waals surface area contributed by atoms with Gasteiger partial charge in [-0.05, 0) is 36.2 Å². The van der Waals surface area contributed by atoms with Crippen LogP contribution in [0.1, 0.15) is 28.8 Å². The van der Waals surface area contributed by atoms with Crippen LogP contribution in [0.2, 0.25) is 0 Å². The Kier molecular flexibility index (Phi) is 3.05. The maximum absolute atomic E-state index is 10.7. The van der Waals surface area contributed by atoms with E-state index < -0.39 is 5.24 Å². The lowest BCUT2D eigenvalue weighted by Gasteiger charge is -2.01. The Labute approximate surface area is 81.7 Å². The Morgan fingerprint density at radius 2 is 2.00 bits per heavy atom. The number of nitrogens with zero attached hydrogens (tertiary/aromatic N) is 1. The van der Waals surface area contributed by atoms with E-state index in [0.29, 0.717) is 5.56 Å². The van der Waals surface area contributed by atoms with Crippen LogP contribution in [0, 0.1) is 11.3 Å². The third-order valence-corrected chi connectivity index (χ3v) is 2.05. The van der Waals surface area contributed by atoms with Crippen molar-refractivity contribution in [3.8, 4) is 6.07 Å². The molecule has 0 aromatic heterocycles. The molecule has 0 aliphatic heterocycles. The normalized spacial score (nSPS) is 11.8. The van der Waals surface area contributed by atoms with Crippen LogP contribution in [0.3, 0.4) is 0 Å². The van der Waals surface area contributed by atoms with Crippen LogP contribution in [0.15, 0.2) is 24.3 Å². The number of rotatable bonds is 2. The molecule has 1 rings (SSSR count). The number of carbonyl (C=O) groups is 1. The summed E-state index contributed by atoms with van der Waals surface area (Å²) in [6.45, 7) is 1.80. The summed E-state index contributed by atoms with van der Waals surface area (Å²) >= 11 is 5.27. The van der Waals surface area contributed by atoms with Crippen molar-refractivity contribution in [3.63, 3.8) is 0 Å². The molecule has 0 spiro atoms. The summed E-state index contributed by atoms with van der Waals surface area (Å²) < 4.78 is 0. The van der Waals surface area contributed by atoms with Gasteiger partial charge in [0.15, 0.2) is 0 Å². The van der Waals surface area contributed by atoms with Gasteiger partial charge in [-0.25, -0.2) is 0 Å². The van der Waals surface area contributed by atoms with Crippen molar-refractivity contribution in [2.75, 3.05) is 0 Å². The van der Waals surface area contributed by atoms with Crippen molar-refractivity contribution in [2.45, 2.75) is 12.8 Å². The van der Waals surface area contributed by atoms with Crippen LogP contribution in [-0.4, -0.2) is 5.24 Å². The van der Waals surface area contributed by atoms with Gasteiger partial charge in [-0.2, -0.15) is 5.26 Å². The van der Waals surface area contributed by atoms with E-state index in [1.807, 2.05) is 0 Å². The van der Waals surface area contributed by atoms with E-state index in [1.54, 1.807) is 31.2 Å². The topological polar surface area (TPSA) is 40.9 Å². The summed E-state index contributed by atoms with van der Waals surface area (Å²) in [5, 5.41) is 8.15. The van der Waals surface area contributed by atoms with Crippen molar-refractivity contribution in [1.29, 1.82) is 5.26 Å². The van der Waals surface area contributed by atoms with Gasteiger partial charge in [0.1, 0.15) is 0 Å². The zero-order chi connectivity index (χ0) is 9.84. The quantitative estimate of drug-likeness (QED) is 0.678. The first-order valence-electron chi connectivity index (χ1n) is 3.84. The van der Waals surface area contributed by atoms with Crippen LogP contribution in [0.5, 0.6) is 0 Å². The predicted octanol–water partition coefficient (Wildman–Crippen LogP) is 2.69. The zero-order valence-corrected chi connectivity index (χ0v) is 7.88. The molecule has 0 fully saturated rings. The van der Waals surface area contributed by atoms with Crippen molar-refractivity contribution < 1.29 is 4.79 Å². The number of carbonyl (C=O) groups excluding carboxylic acids is 1. The molecular weight excluding hydrogens is 186 g/mol. The second kappa shape index (κ2) is 4.06. The summed E-state index contributed by atoms with van der Waals surface area (Å²) in [6, 6.07) is 8.84. The van der Waals surface area contributed by atoms with Gasteiger partial charge in [0.25, 0.3) is 5.24 Å². The minimum Gasteiger partial charge on any atom is -0.276 e. The smallest absolute Gasteiger partial charge is 0.252 e. The van der Waals surface area contributed by atoms with Gasteiger partial charge in [-0.3, -0.25) is 4.79 Å². The van der Waals surface area contributed by atoms with Gasteiger partial charge < -0.3 is 0 Å². The largest absolute Gasteiger partial charge is 0.276 e. The molecular formula is C10H8ClNO. The molecule has 0 N–H and O–H groups in total. The second-order valence-corrected chi connectivity index (χ2v) is 3.09. The molecule has 1 atom stereocenters. The summed E-state index contributed by atoms with van der Waals surface area (Å²) in [7, 11) is 0. The molecule has 0 bridgehead atoms. The molecule has 0 aliphatic rings. The fourth-order valence-corrected chi connectivity index (χ4v) is 1.10. The lowest BCUT2D eigenvalue weighted by atomic mass is 10.0. The Bertz CT molecular complexity index is 350. The predicted molar refractivity (Wildman–Crippen MR) is 50.7 cm³/mol. The van der Waals surface area contributed by atoms with Crippen LogP contribution in [-0.2, 0) is 0 Å². The average molecular weight is 194 g/mol. The van der Waals surface area contributed by atoms with Gasteiger partial charge in [-0.15, -0.1) is 0 Å². The van der Waals surface area contributed by atoms with E-state index in [-0.39, 0.29) is 5.92 Å². The molecule has 2 nitrogen and oxygen atoms in total. The molecule has 0 saturated carbocycles. The van der Waals surface area contributed by atoms with E-state index in [9.17, 15) is 4.79 Å². The molecule has 0 heterocycles. The highest BCUT2D eigenvalue weighted by Crippen LogP contribution is 2.15. The van der Waals surface area contributed by atoms with Crippen LogP contribution < -0.4 is 0 Å². The first kappa shape index (κ1) is 9.76. The Hall–Kier alpha value is -1.33. The maximum Gasteiger partial charge on any atom is 0.252 e. The highest BCUT2D eigenvalue weighted by molar-refractivity contribution is 6.67. The Morgan fingerprint density at radius 1 is 1.46 bits per heavy atom. The maximum atomic E-state index is 10.7. The van der Waals surface area contributed by atoms with E-state index in [0.717, 1.165) is 5.56 Å². The fraction of sp³-hybridized carbons (Fsp3) is 0.200. The fourth-order valence-electron chi connectivity index (χ4n) is 0.977. The number of hydrogen-bond donors (Lipinski definition) is 0. The van der Waals surface area contributed by atoms with Crippen LogP contribution in [0.4, 0.5) is 0 Å². The highest BCUT2D eigenvalue weighted by atomic mass is 35.5. The van der Waals surface area contributed by atoms with Crippen molar-refractivity contribution in [2.24, 2.45) is 0 Å². The standard InChI is InChI=1S/C10H8ClNO/c1-7(6-12)8-2-4-9(5-3-8)10(11)13/h2-5,7H,1H3/t7-/m1/s1. The highest BCUT2D eigenvalue weighted by Gasteiger charge is 2.05. The Balaban J connectivity index is 2.95. The molecule has 0 amide bonds. The van der Waals surface area contributed by atoms with E-state index in [2.05, 4.69) is 6.07 Å². The molecule has 0 aliphatic carbocycles. The summed E-state index contributed by atoms with van der Waals surface area (Å²) in [4.78, 5) is 10.7. The summed E-state index contributed by atoms with van der Waals surface area (Å²) in [6.07, 6.45) is 0. The molecule has 1 aromatic rings. The van der Waals surface area contributed by atoms with E-state index >= 15 is 0 Å². The molecule has 0 radical (unpaired) electrons. The first-order chi connectivity index (χ1) is 6.15. The number of halogens is 1. The number of benzene rings is 1. The second-order valence-electron chi connectivity index (χ2n) is 2.75. The van der Waals surface area contributed by atoms with Gasteiger partial charge in [-0.1, -0.05) is 12.1 Å². The zero-order valence-electron chi connectivity index (χ0n) is 7.12. The molecule has 0 saturated heterocycles. The van der Waals surface area contributed by atoms with Crippen LogP contribution in [0.25, 0.3) is 0 Å². The lowest BCUT2D eigenvalue weighted by Crippen LogP contribution is -1.92. The molecule has 13 heavy (non-hydrogen) atoms. The summed E-state index contributed by atoms with van der Waals surface area (Å²) in [5.74, 6) is -0.153. The molecule has 66 valence electrons. The Morgan fingerprint density at radius 3 is 2.38 bits per heavy atom. The van der Waals surface area contributed by atoms with Crippen LogP contribution >= 0.6 is 11.6 Å². The lowest BCUT2D eigenvalue weighted by molar-refractivity contribution is 0.108. The van der Waals surface area contributed by atoms with Crippen molar-refractivity contribution in [3.05, 3.63) is 35.4 Å². The van der Waals surface area contributed by atoms with Crippen molar-refractivity contribution >= 4 is 16.8 Å². The third-order valence-electron chi connectivity index (χ3n) is 1.83. The van der Waals surface area contributed by atoms with E-state index in [4.69, 9.17) is 16.9 Å². The number of hydrogen-bond acceptors (Lipinski definition) is 2. The van der Waals surface area contributed by atoms with Gasteiger partial charge in [0, 0.05) is 5.56 Å². The SMILES string of the molecule is C[C@H](C#N)c1ccc(C(=O)Cl)cc1. The van der Waals surface area contributed by atoms with Gasteiger partial charge in [0.05, 0.1) is 12.0 Å². The minimum absolute atomic E-state index is 0.153. The third kappa shape index (κ3) is 2.30. The molecule has 1 aromatic carbocycles. The van der Waals surface area contributed by atoms with Crippen molar-refractivity contribution in [1.82, 2.24) is 0 Å². The van der Waals surface area contributed by atoms with Gasteiger partial charge >= 0.3 is 0 Å².